The summed E-state index contributed by atoms with van der Waals surface area (Å²) in [6.07, 6.45) is 1.71. The Kier molecular flexibility index (Phi) is 5.56. The fraction of sp³-hybridized carbons (Fsp3) is 0.360. The Morgan fingerprint density at radius 1 is 1.09 bits per heavy atom. The van der Waals surface area contributed by atoms with Crippen LogP contribution >= 0.6 is 0 Å². The lowest BCUT2D eigenvalue weighted by Gasteiger charge is -2.36. The Balaban J connectivity index is 1.34. The molecule has 2 aromatic carbocycles. The molecule has 0 unspecified atom stereocenters. The van der Waals surface area contributed by atoms with Crippen molar-refractivity contribution >= 4 is 22.3 Å². The van der Waals surface area contributed by atoms with Crippen LogP contribution in [0.5, 0.6) is 0 Å². The first-order valence-corrected chi connectivity index (χ1v) is 11.2. The molecule has 0 spiro atoms. The minimum atomic E-state index is -0.0586. The standard InChI is InChI=1S/C25H27N5O2/c26-14-17-3-5-20(6-4-17)30-10-8-29(9-11-30)15-18-12-19(16-31)23-22(13-18)28-25(32)21-2-1-7-27-24(21)23/h3-6,12-13,27,31H,1-2,7-11,15-16H2,(H,28,32). The smallest absolute Gasteiger partial charge is 0.253 e. The van der Waals surface area contributed by atoms with Crippen LogP contribution in [0.3, 0.4) is 0 Å². The molecule has 0 radical (unpaired) electrons. The lowest BCUT2D eigenvalue weighted by molar-refractivity contribution is 0.249. The number of piperazine rings is 1. The number of nitrogens with one attached hydrogen (secondary N) is 2. The van der Waals surface area contributed by atoms with E-state index < -0.39 is 0 Å². The Morgan fingerprint density at radius 3 is 2.59 bits per heavy atom. The highest BCUT2D eigenvalue weighted by atomic mass is 16.3. The quantitative estimate of drug-likeness (QED) is 0.590. The predicted octanol–water partition coefficient (Wildman–Crippen LogP) is 2.57. The van der Waals surface area contributed by atoms with E-state index >= 15 is 0 Å². The number of H-pyrrole nitrogens is 1. The number of nitriles is 1. The minimum Gasteiger partial charge on any atom is -0.392 e. The lowest BCUT2D eigenvalue weighted by atomic mass is 9.96. The van der Waals surface area contributed by atoms with Crippen molar-refractivity contribution < 1.29 is 5.11 Å². The molecule has 1 fully saturated rings. The SMILES string of the molecule is N#Cc1ccc(N2CCN(Cc3cc(CO)c4c5c(c(=O)[nH]c4c3)CCCN5)CC2)cc1. The van der Waals surface area contributed by atoms with E-state index in [1.165, 1.54) is 0 Å². The van der Waals surface area contributed by atoms with Gasteiger partial charge >= 0.3 is 0 Å². The van der Waals surface area contributed by atoms with E-state index in [-0.39, 0.29) is 12.2 Å². The molecule has 0 aliphatic carbocycles. The van der Waals surface area contributed by atoms with Gasteiger partial charge in [0.1, 0.15) is 0 Å². The molecule has 3 aromatic rings. The number of hydrogen-bond donors (Lipinski definition) is 3. The van der Waals surface area contributed by atoms with Gasteiger partial charge in [-0.05, 0) is 54.3 Å². The van der Waals surface area contributed by atoms with E-state index in [4.69, 9.17) is 5.26 Å². The van der Waals surface area contributed by atoms with Crippen LogP contribution in [0, 0.1) is 11.3 Å². The summed E-state index contributed by atoms with van der Waals surface area (Å²) in [6.45, 7) is 5.25. The van der Waals surface area contributed by atoms with Crippen molar-refractivity contribution in [3.05, 3.63) is 69.0 Å². The number of aliphatic hydroxyl groups is 1. The van der Waals surface area contributed by atoms with E-state index in [0.717, 1.165) is 91.1 Å². The second kappa shape index (κ2) is 8.65. The van der Waals surface area contributed by atoms with Crippen LogP contribution in [0.25, 0.3) is 10.9 Å². The maximum absolute atomic E-state index is 12.6. The second-order valence-corrected chi connectivity index (χ2v) is 8.60. The van der Waals surface area contributed by atoms with Crippen molar-refractivity contribution in [3.63, 3.8) is 0 Å². The molecule has 3 heterocycles. The zero-order valence-corrected chi connectivity index (χ0v) is 18.0. The van der Waals surface area contributed by atoms with Gasteiger partial charge in [0, 0.05) is 55.9 Å². The maximum Gasteiger partial charge on any atom is 0.253 e. The van der Waals surface area contributed by atoms with Crippen LogP contribution < -0.4 is 15.8 Å². The molecule has 1 aromatic heterocycles. The third kappa shape index (κ3) is 3.83. The number of aromatic nitrogens is 1. The Bertz CT molecular complexity index is 1230. The summed E-state index contributed by atoms with van der Waals surface area (Å²) in [7, 11) is 0. The number of aromatic amines is 1. The fourth-order valence-electron chi connectivity index (χ4n) is 4.92. The summed E-state index contributed by atoms with van der Waals surface area (Å²) < 4.78 is 0. The highest BCUT2D eigenvalue weighted by Gasteiger charge is 2.21. The van der Waals surface area contributed by atoms with Crippen LogP contribution in [-0.4, -0.2) is 47.7 Å². The average Bonchev–Trinajstić information content (AvgIpc) is 2.84. The van der Waals surface area contributed by atoms with E-state index in [2.05, 4.69) is 38.3 Å². The highest BCUT2D eigenvalue weighted by Crippen LogP contribution is 2.31. The van der Waals surface area contributed by atoms with Gasteiger partial charge in [-0.25, -0.2) is 0 Å². The number of aliphatic hydroxyl groups excluding tert-OH is 1. The zero-order valence-electron chi connectivity index (χ0n) is 18.0. The molecule has 2 aliphatic rings. The number of benzene rings is 2. The Morgan fingerprint density at radius 2 is 1.88 bits per heavy atom. The molecule has 1 saturated heterocycles. The zero-order chi connectivity index (χ0) is 22.1. The summed E-state index contributed by atoms with van der Waals surface area (Å²) in [5, 5.41) is 23.4. The molecule has 0 bridgehead atoms. The summed E-state index contributed by atoms with van der Waals surface area (Å²) in [6, 6.07) is 14.0. The van der Waals surface area contributed by atoms with Crippen molar-refractivity contribution in [3.8, 4) is 6.07 Å². The predicted molar refractivity (Wildman–Crippen MR) is 126 cm³/mol. The van der Waals surface area contributed by atoms with Gasteiger partial charge in [-0.3, -0.25) is 9.69 Å². The molecule has 0 amide bonds. The van der Waals surface area contributed by atoms with Crippen LogP contribution in [0.15, 0.2) is 41.2 Å². The van der Waals surface area contributed by atoms with Crippen molar-refractivity contribution in [1.82, 2.24) is 9.88 Å². The molecule has 2 aliphatic heterocycles. The number of pyridine rings is 1. The third-order valence-electron chi connectivity index (χ3n) is 6.57. The largest absolute Gasteiger partial charge is 0.392 e. The monoisotopic (exact) mass is 429 g/mol. The maximum atomic E-state index is 12.6. The number of anilines is 2. The van der Waals surface area contributed by atoms with Gasteiger partial charge in [0.25, 0.3) is 5.56 Å². The molecule has 32 heavy (non-hydrogen) atoms. The number of nitrogens with zero attached hydrogens (tertiary/aromatic N) is 3. The van der Waals surface area contributed by atoms with E-state index in [1.807, 2.05) is 24.3 Å². The number of hydrogen-bond acceptors (Lipinski definition) is 6. The van der Waals surface area contributed by atoms with E-state index in [9.17, 15) is 9.90 Å². The molecule has 7 heteroatoms. The third-order valence-corrected chi connectivity index (χ3v) is 6.57. The van der Waals surface area contributed by atoms with Gasteiger partial charge in [-0.15, -0.1) is 0 Å². The molecule has 0 saturated carbocycles. The van der Waals surface area contributed by atoms with Crippen LogP contribution in [0.2, 0.25) is 0 Å². The first-order chi connectivity index (χ1) is 15.7. The Hall–Kier alpha value is -3.34. The first-order valence-electron chi connectivity index (χ1n) is 11.2. The van der Waals surface area contributed by atoms with Crippen molar-refractivity contribution in [2.45, 2.75) is 26.0 Å². The summed E-state index contributed by atoms with van der Waals surface area (Å²) in [5.74, 6) is 0. The van der Waals surface area contributed by atoms with E-state index in [0.29, 0.717) is 5.56 Å². The molecular formula is C25H27N5O2. The van der Waals surface area contributed by atoms with Crippen molar-refractivity contribution in [2.24, 2.45) is 0 Å². The first kappa shape index (κ1) is 20.6. The van der Waals surface area contributed by atoms with Crippen LogP contribution in [0.1, 0.15) is 28.7 Å². The van der Waals surface area contributed by atoms with Crippen molar-refractivity contribution in [2.75, 3.05) is 42.9 Å². The number of rotatable bonds is 4. The van der Waals surface area contributed by atoms with E-state index in [1.54, 1.807) is 0 Å². The summed E-state index contributed by atoms with van der Waals surface area (Å²) in [4.78, 5) is 20.4. The normalized spacial score (nSPS) is 16.4. The van der Waals surface area contributed by atoms with Gasteiger partial charge in [0.2, 0.25) is 0 Å². The highest BCUT2D eigenvalue weighted by molar-refractivity contribution is 5.96. The topological polar surface area (TPSA) is 95.4 Å². The van der Waals surface area contributed by atoms with Gasteiger partial charge in [0.15, 0.2) is 0 Å². The minimum absolute atomic E-state index is 0.0308. The summed E-state index contributed by atoms with van der Waals surface area (Å²) >= 11 is 0. The average molecular weight is 430 g/mol. The van der Waals surface area contributed by atoms with Gasteiger partial charge < -0.3 is 20.3 Å². The molecule has 7 nitrogen and oxygen atoms in total. The molecular weight excluding hydrogens is 402 g/mol. The van der Waals surface area contributed by atoms with Crippen molar-refractivity contribution in [1.29, 1.82) is 5.26 Å². The van der Waals surface area contributed by atoms with Gasteiger partial charge in [-0.2, -0.15) is 5.26 Å². The lowest BCUT2D eigenvalue weighted by Crippen LogP contribution is -2.46. The second-order valence-electron chi connectivity index (χ2n) is 8.60. The molecule has 0 atom stereocenters. The Labute approximate surface area is 186 Å². The number of fused-ring (bicyclic) bond motifs is 3. The molecule has 5 rings (SSSR count). The van der Waals surface area contributed by atoms with Crippen LogP contribution in [0.4, 0.5) is 11.4 Å². The summed E-state index contributed by atoms with van der Waals surface area (Å²) in [5.41, 5.74) is 6.23. The molecule has 164 valence electrons. The fourth-order valence-corrected chi connectivity index (χ4v) is 4.92. The van der Waals surface area contributed by atoms with Crippen LogP contribution in [-0.2, 0) is 19.6 Å². The van der Waals surface area contributed by atoms with Gasteiger partial charge in [0.05, 0.1) is 29.4 Å². The van der Waals surface area contributed by atoms with Gasteiger partial charge in [-0.1, -0.05) is 6.07 Å². The molecule has 3 N–H and O–H groups in total.